The molecule has 21 heavy (non-hydrogen) atoms. The number of benzene rings is 2. The molecule has 0 heterocycles. The number of nitrogens with two attached hydrogens (primary N) is 1. The second-order valence-electron chi connectivity index (χ2n) is 4.98. The van der Waals surface area contributed by atoms with Gasteiger partial charge in [0.25, 0.3) is 0 Å². The summed E-state index contributed by atoms with van der Waals surface area (Å²) in [5.41, 5.74) is 6.37. The van der Waals surface area contributed by atoms with Gasteiger partial charge in [-0.15, -0.1) is 0 Å². The van der Waals surface area contributed by atoms with Crippen LogP contribution in [0.1, 0.15) is 36.1 Å². The van der Waals surface area contributed by atoms with Crippen LogP contribution in [-0.2, 0) is 6.42 Å². The van der Waals surface area contributed by atoms with Crippen molar-refractivity contribution in [3.63, 3.8) is 0 Å². The highest BCUT2D eigenvalue weighted by molar-refractivity contribution is 9.10. The van der Waals surface area contributed by atoms with Crippen molar-refractivity contribution in [3.05, 3.63) is 63.6 Å². The van der Waals surface area contributed by atoms with E-state index in [9.17, 15) is 0 Å². The highest BCUT2D eigenvalue weighted by Crippen LogP contribution is 2.32. The predicted octanol–water partition coefficient (Wildman–Crippen LogP) is 3.96. The van der Waals surface area contributed by atoms with Gasteiger partial charge in [0.2, 0.25) is 0 Å². The molecule has 2 aromatic carbocycles. The van der Waals surface area contributed by atoms with Crippen LogP contribution in [0, 0.1) is 0 Å². The van der Waals surface area contributed by atoms with Crippen molar-refractivity contribution in [2.45, 2.75) is 25.8 Å². The molecule has 0 radical (unpaired) electrons. The van der Waals surface area contributed by atoms with Gasteiger partial charge in [0.05, 0.1) is 13.2 Å². The van der Waals surface area contributed by atoms with Crippen LogP contribution >= 0.6 is 15.9 Å². The molecule has 0 saturated heterocycles. The molecule has 2 rings (SSSR count). The van der Waals surface area contributed by atoms with Crippen LogP contribution in [0.3, 0.4) is 0 Å². The highest BCUT2D eigenvalue weighted by Gasteiger charge is 2.17. The zero-order chi connectivity index (χ0) is 15.2. The third kappa shape index (κ3) is 3.84. The molecule has 2 aromatic rings. The predicted molar refractivity (Wildman–Crippen MR) is 90.3 cm³/mol. The molecule has 4 heteroatoms. The lowest BCUT2D eigenvalue weighted by atomic mass is 9.97. The Labute approximate surface area is 134 Å². The molecule has 0 spiro atoms. The summed E-state index contributed by atoms with van der Waals surface area (Å²) in [6.45, 7) is 2.19. The Bertz CT molecular complexity index is 584. The number of nitrogens with one attached hydrogen (secondary N) is 1. The molecule has 112 valence electrons. The van der Waals surface area contributed by atoms with E-state index in [1.54, 1.807) is 7.11 Å². The molecule has 0 fully saturated rings. The Morgan fingerprint density at radius 1 is 1.19 bits per heavy atom. The summed E-state index contributed by atoms with van der Waals surface area (Å²) in [6, 6.07) is 14.4. The number of ether oxygens (including phenoxy) is 1. The van der Waals surface area contributed by atoms with E-state index in [0.717, 1.165) is 34.2 Å². The minimum Gasteiger partial charge on any atom is -0.496 e. The van der Waals surface area contributed by atoms with Gasteiger partial charge < -0.3 is 4.74 Å². The summed E-state index contributed by atoms with van der Waals surface area (Å²) in [4.78, 5) is 0. The molecule has 3 nitrogen and oxygen atoms in total. The van der Waals surface area contributed by atoms with Crippen LogP contribution in [0.5, 0.6) is 5.75 Å². The molecule has 3 N–H and O–H groups in total. The van der Waals surface area contributed by atoms with Crippen LogP contribution in [0.2, 0.25) is 0 Å². The van der Waals surface area contributed by atoms with Crippen molar-refractivity contribution in [1.29, 1.82) is 0 Å². The van der Waals surface area contributed by atoms with Gasteiger partial charge in [0, 0.05) is 10.0 Å². The van der Waals surface area contributed by atoms with Crippen LogP contribution < -0.4 is 16.0 Å². The third-order valence-corrected chi connectivity index (χ3v) is 4.02. The molecule has 0 aliphatic carbocycles. The maximum Gasteiger partial charge on any atom is 0.125 e. The first kappa shape index (κ1) is 16.0. The number of hydrogen-bond acceptors (Lipinski definition) is 3. The number of hydrazine groups is 1. The quantitative estimate of drug-likeness (QED) is 0.613. The van der Waals surface area contributed by atoms with Crippen molar-refractivity contribution in [2.75, 3.05) is 7.11 Å². The first-order valence-electron chi connectivity index (χ1n) is 7.08. The van der Waals surface area contributed by atoms with E-state index in [1.165, 1.54) is 5.56 Å². The van der Waals surface area contributed by atoms with Crippen LogP contribution in [0.4, 0.5) is 0 Å². The van der Waals surface area contributed by atoms with E-state index in [1.807, 2.05) is 18.2 Å². The van der Waals surface area contributed by atoms with Crippen LogP contribution in [0.15, 0.2) is 46.9 Å². The molecule has 0 aliphatic heterocycles. The first-order chi connectivity index (χ1) is 10.2. The van der Waals surface area contributed by atoms with E-state index >= 15 is 0 Å². The summed E-state index contributed by atoms with van der Waals surface area (Å²) >= 11 is 3.46. The van der Waals surface area contributed by atoms with Crippen molar-refractivity contribution in [1.82, 2.24) is 5.43 Å². The zero-order valence-corrected chi connectivity index (χ0v) is 14.0. The Hall–Kier alpha value is -1.36. The standard InChI is InChI=1S/C17H21BrN2O/c1-3-4-12-5-7-13(8-6-12)17(20-19)15-10-9-14(18)11-16(15)21-2/h5-11,17,20H,3-4,19H2,1-2H3. The van der Waals surface area contributed by atoms with Gasteiger partial charge in [-0.3, -0.25) is 5.84 Å². The van der Waals surface area contributed by atoms with Crippen LogP contribution in [-0.4, -0.2) is 7.11 Å². The Kier molecular flexibility index (Phi) is 5.79. The zero-order valence-electron chi connectivity index (χ0n) is 12.4. The molecule has 0 saturated carbocycles. The molecule has 0 aliphatic rings. The first-order valence-corrected chi connectivity index (χ1v) is 7.87. The fraction of sp³-hybridized carbons (Fsp3) is 0.294. The monoisotopic (exact) mass is 348 g/mol. The van der Waals surface area contributed by atoms with Gasteiger partial charge in [-0.25, -0.2) is 5.43 Å². The van der Waals surface area contributed by atoms with Crippen molar-refractivity contribution in [3.8, 4) is 5.75 Å². The third-order valence-electron chi connectivity index (χ3n) is 3.52. The Morgan fingerprint density at radius 3 is 2.48 bits per heavy atom. The van der Waals surface area contributed by atoms with Gasteiger partial charge in [-0.1, -0.05) is 59.6 Å². The van der Waals surface area contributed by atoms with Crippen molar-refractivity contribution < 1.29 is 4.74 Å². The van der Waals surface area contributed by atoms with E-state index < -0.39 is 0 Å². The smallest absolute Gasteiger partial charge is 0.125 e. The fourth-order valence-corrected chi connectivity index (χ4v) is 2.79. The van der Waals surface area contributed by atoms with E-state index in [-0.39, 0.29) is 6.04 Å². The molecule has 0 aromatic heterocycles. The van der Waals surface area contributed by atoms with Crippen molar-refractivity contribution >= 4 is 15.9 Å². The van der Waals surface area contributed by atoms with Gasteiger partial charge >= 0.3 is 0 Å². The SMILES string of the molecule is CCCc1ccc(C(NN)c2ccc(Br)cc2OC)cc1. The number of halogens is 1. The van der Waals surface area contributed by atoms with Gasteiger partial charge in [0.15, 0.2) is 0 Å². The number of rotatable bonds is 6. The molecule has 1 atom stereocenters. The average Bonchev–Trinajstić information content (AvgIpc) is 2.51. The van der Waals surface area contributed by atoms with Gasteiger partial charge in [0.1, 0.15) is 5.75 Å². The number of hydrogen-bond donors (Lipinski definition) is 2. The molecular weight excluding hydrogens is 328 g/mol. The molecule has 1 unspecified atom stereocenters. The molecule has 0 amide bonds. The summed E-state index contributed by atoms with van der Waals surface area (Å²) in [5, 5.41) is 0. The normalized spacial score (nSPS) is 12.2. The maximum atomic E-state index is 5.78. The average molecular weight is 349 g/mol. The number of aryl methyl sites for hydroxylation is 1. The largest absolute Gasteiger partial charge is 0.496 e. The Morgan fingerprint density at radius 2 is 1.90 bits per heavy atom. The second-order valence-corrected chi connectivity index (χ2v) is 5.89. The Balaban J connectivity index is 2.35. The summed E-state index contributed by atoms with van der Waals surface area (Å²) in [6.07, 6.45) is 2.25. The van der Waals surface area contributed by atoms with E-state index in [0.29, 0.717) is 0 Å². The fourth-order valence-electron chi connectivity index (χ4n) is 2.45. The minimum absolute atomic E-state index is 0.0938. The van der Waals surface area contributed by atoms with Crippen molar-refractivity contribution in [2.24, 2.45) is 5.84 Å². The summed E-state index contributed by atoms with van der Waals surface area (Å²) < 4.78 is 6.45. The summed E-state index contributed by atoms with van der Waals surface area (Å²) in [7, 11) is 1.67. The van der Waals surface area contributed by atoms with Gasteiger partial charge in [-0.05, 0) is 29.7 Å². The van der Waals surface area contributed by atoms with Crippen LogP contribution in [0.25, 0.3) is 0 Å². The van der Waals surface area contributed by atoms with E-state index in [2.05, 4.69) is 52.5 Å². The topological polar surface area (TPSA) is 47.3 Å². The lowest BCUT2D eigenvalue weighted by molar-refractivity contribution is 0.404. The minimum atomic E-state index is -0.0938. The molecular formula is C17H21BrN2O. The lowest BCUT2D eigenvalue weighted by Crippen LogP contribution is -2.29. The molecule has 0 bridgehead atoms. The van der Waals surface area contributed by atoms with Gasteiger partial charge in [-0.2, -0.15) is 0 Å². The lowest BCUT2D eigenvalue weighted by Gasteiger charge is -2.20. The second kappa shape index (κ2) is 7.59. The number of methoxy groups -OCH3 is 1. The highest BCUT2D eigenvalue weighted by atomic mass is 79.9. The van der Waals surface area contributed by atoms with E-state index in [4.69, 9.17) is 10.6 Å². The summed E-state index contributed by atoms with van der Waals surface area (Å²) in [5.74, 6) is 6.59. The maximum absolute atomic E-state index is 5.78.